The summed E-state index contributed by atoms with van der Waals surface area (Å²) in [5.41, 5.74) is 0. The summed E-state index contributed by atoms with van der Waals surface area (Å²) in [4.78, 5) is 0. The van der Waals surface area contributed by atoms with Gasteiger partial charge in [-0.25, -0.2) is 4.21 Å². The van der Waals surface area contributed by atoms with Crippen molar-refractivity contribution in [3.05, 3.63) is 0 Å². The Morgan fingerprint density at radius 1 is 0.882 bits per heavy atom. The van der Waals surface area contributed by atoms with Gasteiger partial charge in [0.25, 0.3) is 0 Å². The summed E-state index contributed by atoms with van der Waals surface area (Å²) in [6.07, 6.45) is 13.0. The van der Waals surface area contributed by atoms with Crippen LogP contribution in [-0.2, 0) is 25.0 Å². The van der Waals surface area contributed by atoms with E-state index < -0.39 is 9.64 Å². The normalized spacial score (nSPS) is 12.1. The predicted octanol–water partition coefficient (Wildman–Crippen LogP) is 3.13. The summed E-state index contributed by atoms with van der Waals surface area (Å²) in [5.74, 6) is 0. The molecule has 0 fully saturated rings. The Bertz CT molecular complexity index is 201. The average molecular weight is 290 g/mol. The van der Waals surface area contributed by atoms with Gasteiger partial charge in [-0.15, -0.1) is 0 Å². The molecule has 0 aliphatic rings. The van der Waals surface area contributed by atoms with Crippen molar-refractivity contribution in [2.45, 2.75) is 71.1 Å². The Morgan fingerprint density at radius 2 is 1.29 bits per heavy atom. The van der Waals surface area contributed by atoms with Crippen molar-refractivity contribution in [2.24, 2.45) is 0 Å². The Hall–Kier alpha value is 1.33. The zero-order chi connectivity index (χ0) is 12.1. The van der Waals surface area contributed by atoms with Crippen LogP contribution in [0.15, 0.2) is 0 Å². The Morgan fingerprint density at radius 3 is 1.71 bits per heavy atom. The van der Waals surface area contributed by atoms with Crippen molar-refractivity contribution in [3.63, 3.8) is 0 Å². The quantitative estimate of drug-likeness (QED) is 0.340. The molecule has 0 bridgehead atoms. The first-order valence-corrected chi connectivity index (χ1v) is 8.73. The van der Waals surface area contributed by atoms with Gasteiger partial charge >= 0.3 is 29.6 Å². The molecule has 0 saturated heterocycles. The fourth-order valence-electron chi connectivity index (χ4n) is 1.73. The van der Waals surface area contributed by atoms with Crippen molar-refractivity contribution in [1.82, 2.24) is 0 Å². The second kappa shape index (κ2) is 17.3. The van der Waals surface area contributed by atoms with E-state index in [1.54, 1.807) is 0 Å². The summed E-state index contributed by atoms with van der Waals surface area (Å²) >= 11 is 4.44. The minimum absolute atomic E-state index is 0. The molecule has 0 heterocycles. The second-order valence-corrected chi connectivity index (χ2v) is 5.84. The molecule has 0 spiro atoms. The predicted molar refractivity (Wildman–Crippen MR) is 81.8 cm³/mol. The van der Waals surface area contributed by atoms with Gasteiger partial charge in [-0.3, -0.25) is 4.18 Å². The summed E-state index contributed by atoms with van der Waals surface area (Å²) in [7, 11) is -1.80. The molecule has 0 amide bonds. The van der Waals surface area contributed by atoms with Crippen molar-refractivity contribution in [3.8, 4) is 0 Å². The van der Waals surface area contributed by atoms with E-state index in [0.717, 1.165) is 6.42 Å². The SMILES string of the molecule is CCCCCCCCCCCCO[SH](=O)=S.[NaH]. The van der Waals surface area contributed by atoms with Gasteiger partial charge in [0.2, 0.25) is 0 Å². The molecule has 0 aromatic rings. The van der Waals surface area contributed by atoms with Crippen LogP contribution in [0, 0.1) is 0 Å². The van der Waals surface area contributed by atoms with E-state index in [1.807, 2.05) is 0 Å². The molecule has 1 atom stereocenters. The molecule has 17 heavy (non-hydrogen) atoms. The van der Waals surface area contributed by atoms with E-state index in [0.29, 0.717) is 6.61 Å². The Kier molecular flexibility index (Phi) is 21.0. The molecule has 0 aromatic heterocycles. The molecular weight excluding hydrogens is 263 g/mol. The molecule has 1 unspecified atom stereocenters. The van der Waals surface area contributed by atoms with Crippen LogP contribution in [-0.4, -0.2) is 40.4 Å². The first-order valence-electron chi connectivity index (χ1n) is 6.54. The van der Waals surface area contributed by atoms with Crippen LogP contribution in [0.4, 0.5) is 0 Å². The van der Waals surface area contributed by atoms with Crippen LogP contribution in [0.5, 0.6) is 0 Å². The van der Waals surface area contributed by atoms with E-state index in [9.17, 15) is 4.21 Å². The van der Waals surface area contributed by atoms with Gasteiger partial charge in [0.05, 0.1) is 6.61 Å². The standard InChI is InChI=1S/C12H26O2S2.Na.H/c1-2-3-4-5-6-7-8-9-10-11-12-14-16(13)15;;/h16H,2-12H2,1H3;;. The fraction of sp³-hybridized carbons (Fsp3) is 1.00. The van der Waals surface area contributed by atoms with Crippen molar-refractivity contribution in [1.29, 1.82) is 0 Å². The van der Waals surface area contributed by atoms with Gasteiger partial charge in [-0.2, -0.15) is 0 Å². The molecule has 0 radical (unpaired) electrons. The molecule has 100 valence electrons. The maximum absolute atomic E-state index is 10.4. The van der Waals surface area contributed by atoms with E-state index in [4.69, 9.17) is 4.18 Å². The third-order valence-electron chi connectivity index (χ3n) is 2.69. The monoisotopic (exact) mass is 290 g/mol. The van der Waals surface area contributed by atoms with Crippen LogP contribution in [0.1, 0.15) is 71.1 Å². The fourth-order valence-corrected chi connectivity index (χ4v) is 2.23. The van der Waals surface area contributed by atoms with Gasteiger partial charge in [0, 0.05) is 11.2 Å². The van der Waals surface area contributed by atoms with Crippen LogP contribution < -0.4 is 0 Å². The van der Waals surface area contributed by atoms with Gasteiger partial charge in [-0.05, 0) is 6.42 Å². The molecule has 5 heteroatoms. The topological polar surface area (TPSA) is 26.3 Å². The molecule has 0 aliphatic heterocycles. The van der Waals surface area contributed by atoms with Crippen LogP contribution in [0.3, 0.4) is 0 Å². The van der Waals surface area contributed by atoms with Crippen molar-refractivity contribution in [2.75, 3.05) is 6.61 Å². The van der Waals surface area contributed by atoms with E-state index in [-0.39, 0.29) is 29.6 Å². The molecule has 0 N–H and O–H groups in total. The molecule has 0 aliphatic carbocycles. The van der Waals surface area contributed by atoms with Crippen LogP contribution in [0.2, 0.25) is 0 Å². The molecule has 2 nitrogen and oxygen atoms in total. The van der Waals surface area contributed by atoms with E-state index >= 15 is 0 Å². The van der Waals surface area contributed by atoms with Crippen LogP contribution >= 0.6 is 0 Å². The summed E-state index contributed by atoms with van der Waals surface area (Å²) in [5, 5.41) is 0. The zero-order valence-corrected chi connectivity index (χ0v) is 12.2. The minimum atomic E-state index is -1.80. The third-order valence-corrected chi connectivity index (χ3v) is 3.40. The number of thiol groups is 1. The van der Waals surface area contributed by atoms with Crippen LogP contribution in [0.25, 0.3) is 0 Å². The molecular formula is C12H27NaO2S2. The number of hydrogen-bond acceptors (Lipinski definition) is 3. The summed E-state index contributed by atoms with van der Waals surface area (Å²) in [6, 6.07) is 0. The first kappa shape index (κ1) is 20.6. The third kappa shape index (κ3) is 19.8. The molecule has 0 aromatic carbocycles. The maximum atomic E-state index is 10.4. The van der Waals surface area contributed by atoms with Crippen molar-refractivity contribution < 1.29 is 8.39 Å². The number of hydrogen-bond donors (Lipinski definition) is 1. The van der Waals surface area contributed by atoms with Gasteiger partial charge < -0.3 is 0 Å². The zero-order valence-electron chi connectivity index (χ0n) is 10.5. The number of rotatable bonds is 12. The number of unbranched alkanes of at least 4 members (excludes halogenated alkanes) is 9. The molecule has 0 rings (SSSR count). The second-order valence-electron chi connectivity index (χ2n) is 4.24. The van der Waals surface area contributed by atoms with Gasteiger partial charge in [0.15, 0.2) is 0 Å². The van der Waals surface area contributed by atoms with E-state index in [1.165, 1.54) is 57.8 Å². The average Bonchev–Trinajstić information content (AvgIpc) is 2.25. The van der Waals surface area contributed by atoms with Gasteiger partial charge in [-0.1, -0.05) is 64.7 Å². The first-order chi connectivity index (χ1) is 7.77. The molecule has 0 saturated carbocycles. The van der Waals surface area contributed by atoms with Gasteiger partial charge in [0.1, 0.15) is 9.64 Å². The van der Waals surface area contributed by atoms with Crippen molar-refractivity contribution >= 4 is 50.4 Å². The Labute approximate surface area is 135 Å². The summed E-state index contributed by atoms with van der Waals surface area (Å²) < 4.78 is 15.3. The Balaban J connectivity index is 0. The van der Waals surface area contributed by atoms with E-state index in [2.05, 4.69) is 18.1 Å². The summed E-state index contributed by atoms with van der Waals surface area (Å²) in [6.45, 7) is 2.81.